The van der Waals surface area contributed by atoms with Gasteiger partial charge in [-0.05, 0) is 42.7 Å². The molecular formula is C19H20FN3O3S. The quantitative estimate of drug-likeness (QED) is 0.843. The van der Waals surface area contributed by atoms with E-state index < -0.39 is 27.8 Å². The summed E-state index contributed by atoms with van der Waals surface area (Å²) in [6.45, 7) is 5.24. The molecule has 142 valence electrons. The minimum absolute atomic E-state index is 0.132. The van der Waals surface area contributed by atoms with Gasteiger partial charge < -0.3 is 5.32 Å². The van der Waals surface area contributed by atoms with Gasteiger partial charge in [0.05, 0.1) is 4.90 Å². The Hall–Kier alpha value is -2.74. The maximum atomic E-state index is 13.7. The van der Waals surface area contributed by atoms with Crippen molar-refractivity contribution in [2.45, 2.75) is 31.7 Å². The van der Waals surface area contributed by atoms with Gasteiger partial charge in [0.15, 0.2) is 0 Å². The Labute approximate surface area is 157 Å². The topological polar surface area (TPSA) is 87.6 Å². The Morgan fingerprint density at radius 3 is 2.56 bits per heavy atom. The van der Waals surface area contributed by atoms with Crippen molar-refractivity contribution >= 4 is 27.5 Å². The smallest absolute Gasteiger partial charge is 0.263 e. The number of amides is 1. The Morgan fingerprint density at radius 1 is 1.19 bits per heavy atom. The summed E-state index contributed by atoms with van der Waals surface area (Å²) >= 11 is 0. The number of anilines is 1. The number of aryl methyl sites for hydroxylation is 1. The van der Waals surface area contributed by atoms with E-state index in [1.807, 2.05) is 0 Å². The largest absolute Gasteiger partial charge is 0.324 e. The SMILES string of the molecule is Cc1ccc(NC(=O)[C@@H](N=C2NS(=O)(=O)c3ccccc32)C(C)C)cc1F. The van der Waals surface area contributed by atoms with Crippen LogP contribution in [0.15, 0.2) is 52.4 Å². The van der Waals surface area contributed by atoms with Crippen molar-refractivity contribution in [3.05, 3.63) is 59.4 Å². The average molecular weight is 389 g/mol. The third kappa shape index (κ3) is 3.85. The molecule has 0 fully saturated rings. The van der Waals surface area contributed by atoms with E-state index in [2.05, 4.69) is 15.0 Å². The summed E-state index contributed by atoms with van der Waals surface area (Å²) in [5.74, 6) is -0.929. The van der Waals surface area contributed by atoms with E-state index >= 15 is 0 Å². The van der Waals surface area contributed by atoms with Crippen molar-refractivity contribution in [2.75, 3.05) is 5.32 Å². The summed E-state index contributed by atoms with van der Waals surface area (Å²) in [6, 6.07) is 10.0. The number of fused-ring (bicyclic) bond motifs is 1. The van der Waals surface area contributed by atoms with Crippen LogP contribution in [0, 0.1) is 18.7 Å². The van der Waals surface area contributed by atoms with Crippen molar-refractivity contribution in [3.63, 3.8) is 0 Å². The molecule has 27 heavy (non-hydrogen) atoms. The lowest BCUT2D eigenvalue weighted by Crippen LogP contribution is -2.34. The van der Waals surface area contributed by atoms with Gasteiger partial charge in [0.1, 0.15) is 17.7 Å². The molecule has 6 nitrogen and oxygen atoms in total. The highest BCUT2D eigenvalue weighted by molar-refractivity contribution is 7.90. The van der Waals surface area contributed by atoms with E-state index in [1.165, 1.54) is 12.1 Å². The number of sulfonamides is 1. The number of rotatable bonds is 4. The molecule has 1 aliphatic heterocycles. The minimum Gasteiger partial charge on any atom is -0.324 e. The van der Waals surface area contributed by atoms with Gasteiger partial charge in [0.2, 0.25) is 5.91 Å². The number of nitrogens with zero attached hydrogens (tertiary/aromatic N) is 1. The first kappa shape index (κ1) is 19.0. The first-order valence-electron chi connectivity index (χ1n) is 8.46. The van der Waals surface area contributed by atoms with E-state index in [0.717, 1.165) is 0 Å². The van der Waals surface area contributed by atoms with Crippen LogP contribution in [0.4, 0.5) is 10.1 Å². The normalized spacial score (nSPS) is 17.4. The molecule has 0 aromatic heterocycles. The molecule has 0 saturated heterocycles. The van der Waals surface area contributed by atoms with E-state index in [9.17, 15) is 17.6 Å². The van der Waals surface area contributed by atoms with Gasteiger partial charge >= 0.3 is 0 Å². The maximum Gasteiger partial charge on any atom is 0.263 e. The van der Waals surface area contributed by atoms with Crippen LogP contribution in [-0.4, -0.2) is 26.2 Å². The summed E-state index contributed by atoms with van der Waals surface area (Å²) in [5.41, 5.74) is 1.23. The van der Waals surface area contributed by atoms with Crippen molar-refractivity contribution in [1.82, 2.24) is 4.72 Å². The fraction of sp³-hybridized carbons (Fsp3) is 0.263. The molecule has 3 rings (SSSR count). The zero-order valence-electron chi connectivity index (χ0n) is 15.2. The van der Waals surface area contributed by atoms with E-state index in [0.29, 0.717) is 16.8 Å². The lowest BCUT2D eigenvalue weighted by atomic mass is 10.0. The molecule has 1 heterocycles. The van der Waals surface area contributed by atoms with Crippen LogP contribution in [0.5, 0.6) is 0 Å². The molecule has 0 bridgehead atoms. The number of hydrogen-bond acceptors (Lipinski definition) is 4. The summed E-state index contributed by atoms with van der Waals surface area (Å²) in [7, 11) is -3.68. The highest BCUT2D eigenvalue weighted by Gasteiger charge is 2.32. The van der Waals surface area contributed by atoms with Crippen molar-refractivity contribution in [3.8, 4) is 0 Å². The highest BCUT2D eigenvalue weighted by Crippen LogP contribution is 2.24. The Kier molecular flexibility index (Phi) is 5.01. The molecule has 1 amide bonds. The first-order chi connectivity index (χ1) is 12.7. The fourth-order valence-corrected chi connectivity index (χ4v) is 4.01. The minimum atomic E-state index is -3.68. The van der Waals surface area contributed by atoms with Crippen molar-refractivity contribution < 1.29 is 17.6 Å². The van der Waals surface area contributed by atoms with Crippen LogP contribution in [0.25, 0.3) is 0 Å². The average Bonchev–Trinajstić information content (AvgIpc) is 2.86. The Bertz CT molecular complexity index is 1030. The molecule has 0 aliphatic carbocycles. The van der Waals surface area contributed by atoms with Crippen LogP contribution in [0.2, 0.25) is 0 Å². The van der Waals surface area contributed by atoms with Crippen LogP contribution in [0.3, 0.4) is 0 Å². The standard InChI is InChI=1S/C19H20FN3O3S/c1-11(2)17(19(24)21-13-9-8-12(3)15(20)10-13)22-18-14-6-4-5-7-16(14)27(25,26)23-18/h4-11,17H,1-3H3,(H,21,24)(H,22,23)/t17-/m0/s1. The number of nitrogens with one attached hydrogen (secondary N) is 2. The Morgan fingerprint density at radius 2 is 1.89 bits per heavy atom. The van der Waals surface area contributed by atoms with Crippen LogP contribution >= 0.6 is 0 Å². The lowest BCUT2D eigenvalue weighted by Gasteiger charge is -2.17. The van der Waals surface area contributed by atoms with Gasteiger partial charge in [0, 0.05) is 11.3 Å². The second kappa shape index (κ2) is 7.11. The lowest BCUT2D eigenvalue weighted by molar-refractivity contribution is -0.118. The summed E-state index contributed by atoms with van der Waals surface area (Å²) < 4.78 is 40.5. The number of carbonyl (C=O) groups is 1. The van der Waals surface area contributed by atoms with Gasteiger partial charge in [-0.15, -0.1) is 0 Å². The number of aliphatic imine (C=N–C) groups is 1. The second-order valence-electron chi connectivity index (χ2n) is 6.72. The highest BCUT2D eigenvalue weighted by atomic mass is 32.2. The summed E-state index contributed by atoms with van der Waals surface area (Å²) in [6.07, 6.45) is 0. The fourth-order valence-electron chi connectivity index (χ4n) is 2.77. The second-order valence-corrected chi connectivity index (χ2v) is 8.37. The molecular weight excluding hydrogens is 369 g/mol. The van der Waals surface area contributed by atoms with Gasteiger partial charge in [-0.25, -0.2) is 12.8 Å². The van der Waals surface area contributed by atoms with Gasteiger partial charge in [-0.2, -0.15) is 0 Å². The van der Waals surface area contributed by atoms with Crippen LogP contribution in [0.1, 0.15) is 25.0 Å². The zero-order valence-corrected chi connectivity index (χ0v) is 16.0. The molecule has 0 saturated carbocycles. The van der Waals surface area contributed by atoms with Gasteiger partial charge in [-0.3, -0.25) is 14.5 Å². The molecule has 0 radical (unpaired) electrons. The van der Waals surface area contributed by atoms with E-state index in [4.69, 9.17) is 0 Å². The number of carbonyl (C=O) groups excluding carboxylic acids is 1. The monoisotopic (exact) mass is 389 g/mol. The van der Waals surface area contributed by atoms with Crippen molar-refractivity contribution in [1.29, 1.82) is 0 Å². The number of hydrogen-bond donors (Lipinski definition) is 2. The van der Waals surface area contributed by atoms with Crippen LogP contribution in [-0.2, 0) is 14.8 Å². The third-order valence-electron chi connectivity index (χ3n) is 4.27. The molecule has 2 aromatic rings. The van der Waals surface area contributed by atoms with Gasteiger partial charge in [-0.1, -0.05) is 32.0 Å². The molecule has 8 heteroatoms. The number of halogens is 1. The molecule has 1 aliphatic rings. The van der Waals surface area contributed by atoms with E-state index in [1.54, 1.807) is 51.1 Å². The van der Waals surface area contributed by atoms with Gasteiger partial charge in [0.25, 0.3) is 10.0 Å². The summed E-state index contributed by atoms with van der Waals surface area (Å²) in [5, 5.41) is 2.65. The molecule has 2 aromatic carbocycles. The number of amidine groups is 1. The third-order valence-corrected chi connectivity index (χ3v) is 5.67. The van der Waals surface area contributed by atoms with E-state index in [-0.39, 0.29) is 16.6 Å². The molecule has 0 unspecified atom stereocenters. The predicted octanol–water partition coefficient (Wildman–Crippen LogP) is 2.84. The zero-order chi connectivity index (χ0) is 19.8. The maximum absolute atomic E-state index is 13.7. The Balaban J connectivity index is 1.91. The predicted molar refractivity (Wildman–Crippen MR) is 102 cm³/mol. The molecule has 0 spiro atoms. The van der Waals surface area contributed by atoms with Crippen LogP contribution < -0.4 is 10.0 Å². The molecule has 2 N–H and O–H groups in total. The van der Waals surface area contributed by atoms with Crippen molar-refractivity contribution in [2.24, 2.45) is 10.9 Å². The first-order valence-corrected chi connectivity index (χ1v) is 9.94. The summed E-state index contributed by atoms with van der Waals surface area (Å²) in [4.78, 5) is 17.2. The number of benzene rings is 2. The molecule has 1 atom stereocenters.